The molecule has 104 valence electrons. The molecule has 0 bridgehead atoms. The minimum atomic E-state index is -0.496. The first kappa shape index (κ1) is 15.1. The summed E-state index contributed by atoms with van der Waals surface area (Å²) in [6, 6.07) is 0. The van der Waals surface area contributed by atoms with Crippen LogP contribution < -0.4 is 0 Å². The van der Waals surface area contributed by atoms with Gasteiger partial charge in [-0.05, 0) is 27.7 Å². The Morgan fingerprint density at radius 1 is 1.37 bits per heavy atom. The largest absolute Gasteiger partial charge is 0.332 e. The van der Waals surface area contributed by atoms with E-state index in [2.05, 4.69) is 11.7 Å². The molecule has 1 rings (SSSR count). The molecule has 0 saturated carbocycles. The lowest BCUT2D eigenvalue weighted by Gasteiger charge is -2.20. The monoisotopic (exact) mass is 263 g/mol. The van der Waals surface area contributed by atoms with Gasteiger partial charge in [0.1, 0.15) is 0 Å². The van der Waals surface area contributed by atoms with Gasteiger partial charge in [0.2, 0.25) is 0 Å². The minimum absolute atomic E-state index is 0.402. The standard InChI is InChI=1S/C14H21N3O2/c1-7-17(8-9(2)3)14(19)13(18)12-10(4)15-16(6)11(12)5/h2,7-8H2,1,3-6H3. The van der Waals surface area contributed by atoms with Crippen molar-refractivity contribution < 1.29 is 9.59 Å². The summed E-state index contributed by atoms with van der Waals surface area (Å²) in [6.07, 6.45) is 0. The summed E-state index contributed by atoms with van der Waals surface area (Å²) >= 11 is 0. The number of Topliss-reactive ketones (excluding diaryl/α,β-unsaturated/α-hetero) is 1. The van der Waals surface area contributed by atoms with E-state index in [1.54, 1.807) is 25.6 Å². The van der Waals surface area contributed by atoms with Crippen molar-refractivity contribution in [2.24, 2.45) is 7.05 Å². The van der Waals surface area contributed by atoms with Crippen molar-refractivity contribution in [1.29, 1.82) is 0 Å². The molecule has 0 aliphatic carbocycles. The molecule has 5 nitrogen and oxygen atoms in total. The molecule has 0 fully saturated rings. The molecule has 0 N–H and O–H groups in total. The zero-order valence-corrected chi connectivity index (χ0v) is 12.3. The minimum Gasteiger partial charge on any atom is -0.332 e. The molecule has 1 amide bonds. The third-order valence-corrected chi connectivity index (χ3v) is 3.06. The maximum absolute atomic E-state index is 12.3. The van der Waals surface area contributed by atoms with Crippen LogP contribution in [-0.2, 0) is 11.8 Å². The predicted octanol–water partition coefficient (Wildman–Crippen LogP) is 1.64. The molecule has 1 aromatic heterocycles. The van der Waals surface area contributed by atoms with Crippen LogP contribution in [0.4, 0.5) is 0 Å². The SMILES string of the molecule is C=C(C)CN(CC)C(=O)C(=O)c1c(C)nn(C)c1C. The van der Waals surface area contributed by atoms with E-state index in [0.717, 1.165) is 5.57 Å². The fourth-order valence-electron chi connectivity index (χ4n) is 2.01. The first-order valence-corrected chi connectivity index (χ1v) is 6.27. The molecule has 0 saturated heterocycles. The number of hydrogen-bond acceptors (Lipinski definition) is 3. The molecule has 0 aliphatic rings. The van der Waals surface area contributed by atoms with Gasteiger partial charge in [-0.2, -0.15) is 5.10 Å². The second-order valence-corrected chi connectivity index (χ2v) is 4.77. The second-order valence-electron chi connectivity index (χ2n) is 4.77. The zero-order valence-electron chi connectivity index (χ0n) is 12.3. The molecule has 19 heavy (non-hydrogen) atoms. The molecule has 0 aliphatic heterocycles. The van der Waals surface area contributed by atoms with Crippen LogP contribution in [0.1, 0.15) is 35.6 Å². The highest BCUT2D eigenvalue weighted by Gasteiger charge is 2.27. The molecule has 0 aromatic carbocycles. The van der Waals surface area contributed by atoms with Gasteiger partial charge in [-0.15, -0.1) is 0 Å². The number of nitrogens with zero attached hydrogens (tertiary/aromatic N) is 3. The number of aryl methyl sites for hydroxylation is 2. The number of ketones is 1. The molecule has 1 heterocycles. The van der Waals surface area contributed by atoms with Crippen molar-refractivity contribution in [1.82, 2.24) is 14.7 Å². The Hall–Kier alpha value is -1.91. The van der Waals surface area contributed by atoms with Gasteiger partial charge in [0.05, 0.1) is 11.3 Å². The number of likely N-dealkylation sites (N-methyl/N-ethyl adjacent to an activating group) is 1. The number of amides is 1. The molecular formula is C14H21N3O2. The lowest BCUT2D eigenvalue weighted by atomic mass is 10.1. The van der Waals surface area contributed by atoms with Crippen molar-refractivity contribution in [2.75, 3.05) is 13.1 Å². The highest BCUT2D eigenvalue weighted by molar-refractivity contribution is 6.43. The van der Waals surface area contributed by atoms with Gasteiger partial charge in [-0.25, -0.2) is 0 Å². The molecule has 1 aromatic rings. The first-order valence-electron chi connectivity index (χ1n) is 6.27. The van der Waals surface area contributed by atoms with E-state index >= 15 is 0 Å². The lowest BCUT2D eigenvalue weighted by Crippen LogP contribution is -2.37. The quantitative estimate of drug-likeness (QED) is 0.461. The van der Waals surface area contributed by atoms with Crippen molar-refractivity contribution in [3.8, 4) is 0 Å². The Morgan fingerprint density at radius 2 is 1.95 bits per heavy atom. The van der Waals surface area contributed by atoms with Crippen molar-refractivity contribution in [2.45, 2.75) is 27.7 Å². The lowest BCUT2D eigenvalue weighted by molar-refractivity contribution is -0.125. The molecule has 0 atom stereocenters. The van der Waals surface area contributed by atoms with Gasteiger partial charge in [0.25, 0.3) is 11.7 Å². The van der Waals surface area contributed by atoms with Crippen molar-refractivity contribution in [3.63, 3.8) is 0 Å². The predicted molar refractivity (Wildman–Crippen MR) is 74.1 cm³/mol. The normalized spacial score (nSPS) is 10.4. The van der Waals surface area contributed by atoms with E-state index in [1.807, 2.05) is 13.8 Å². The van der Waals surface area contributed by atoms with Crippen LogP contribution in [0.5, 0.6) is 0 Å². The van der Waals surface area contributed by atoms with Gasteiger partial charge in [0, 0.05) is 25.8 Å². The smallest absolute Gasteiger partial charge is 0.295 e. The summed E-state index contributed by atoms with van der Waals surface area (Å²) < 4.78 is 1.62. The summed E-state index contributed by atoms with van der Waals surface area (Å²) in [6.45, 7) is 11.9. The van der Waals surface area contributed by atoms with E-state index in [1.165, 1.54) is 4.90 Å². The fourth-order valence-corrected chi connectivity index (χ4v) is 2.01. The van der Waals surface area contributed by atoms with Gasteiger partial charge < -0.3 is 4.90 Å². The number of aromatic nitrogens is 2. The molecule has 0 radical (unpaired) electrons. The third kappa shape index (κ3) is 3.10. The number of carbonyl (C=O) groups is 2. The Labute approximate surface area is 113 Å². The van der Waals surface area contributed by atoms with Crippen LogP contribution in [0.25, 0.3) is 0 Å². The van der Waals surface area contributed by atoms with E-state index in [0.29, 0.717) is 30.0 Å². The molecule has 5 heteroatoms. The third-order valence-electron chi connectivity index (χ3n) is 3.06. The summed E-state index contributed by atoms with van der Waals surface area (Å²) in [5.74, 6) is -0.990. The first-order chi connectivity index (χ1) is 8.79. The summed E-state index contributed by atoms with van der Waals surface area (Å²) in [5.41, 5.74) is 2.56. The average molecular weight is 263 g/mol. The Bertz CT molecular complexity index is 529. The average Bonchev–Trinajstić information content (AvgIpc) is 2.58. The van der Waals surface area contributed by atoms with Gasteiger partial charge >= 0.3 is 0 Å². The molecular weight excluding hydrogens is 242 g/mol. The Kier molecular flexibility index (Phi) is 4.64. The maximum atomic E-state index is 12.3. The number of rotatable bonds is 5. The zero-order chi connectivity index (χ0) is 14.7. The van der Waals surface area contributed by atoms with Crippen LogP contribution in [0.2, 0.25) is 0 Å². The summed E-state index contributed by atoms with van der Waals surface area (Å²) in [5, 5.41) is 4.17. The number of hydrogen-bond donors (Lipinski definition) is 0. The van der Waals surface area contributed by atoms with Gasteiger partial charge in [-0.1, -0.05) is 12.2 Å². The van der Waals surface area contributed by atoms with Crippen LogP contribution in [0.15, 0.2) is 12.2 Å². The van der Waals surface area contributed by atoms with Crippen LogP contribution in [-0.4, -0.2) is 39.5 Å². The van der Waals surface area contributed by atoms with E-state index in [9.17, 15) is 9.59 Å². The summed E-state index contributed by atoms with van der Waals surface area (Å²) in [7, 11) is 1.76. The van der Waals surface area contributed by atoms with E-state index in [4.69, 9.17) is 0 Å². The second kappa shape index (κ2) is 5.82. The van der Waals surface area contributed by atoms with Gasteiger partial charge in [-0.3, -0.25) is 14.3 Å². The molecule has 0 spiro atoms. The summed E-state index contributed by atoms with van der Waals surface area (Å²) in [4.78, 5) is 26.0. The van der Waals surface area contributed by atoms with Crippen molar-refractivity contribution >= 4 is 11.7 Å². The van der Waals surface area contributed by atoms with E-state index < -0.39 is 11.7 Å². The Morgan fingerprint density at radius 3 is 2.32 bits per heavy atom. The highest BCUT2D eigenvalue weighted by Crippen LogP contribution is 2.14. The topological polar surface area (TPSA) is 55.2 Å². The number of carbonyl (C=O) groups excluding carboxylic acids is 2. The van der Waals surface area contributed by atoms with Crippen LogP contribution in [0.3, 0.4) is 0 Å². The van der Waals surface area contributed by atoms with Gasteiger partial charge in [0.15, 0.2) is 0 Å². The van der Waals surface area contributed by atoms with E-state index in [-0.39, 0.29) is 0 Å². The van der Waals surface area contributed by atoms with Crippen molar-refractivity contribution in [3.05, 3.63) is 29.1 Å². The Balaban J connectivity index is 3.05. The highest BCUT2D eigenvalue weighted by atomic mass is 16.2. The molecule has 0 unspecified atom stereocenters. The van der Waals surface area contributed by atoms with Crippen LogP contribution >= 0.6 is 0 Å². The fraction of sp³-hybridized carbons (Fsp3) is 0.500. The maximum Gasteiger partial charge on any atom is 0.295 e. The van der Waals surface area contributed by atoms with Crippen LogP contribution in [0, 0.1) is 13.8 Å².